The van der Waals surface area contributed by atoms with Gasteiger partial charge in [0.25, 0.3) is 0 Å². The van der Waals surface area contributed by atoms with Gasteiger partial charge in [-0.15, -0.1) is 0 Å². The maximum Gasteiger partial charge on any atom is 0.244 e. The highest BCUT2D eigenvalue weighted by atomic mass is 32.2. The van der Waals surface area contributed by atoms with Crippen LogP contribution in [-0.2, 0) is 23.1 Å². The van der Waals surface area contributed by atoms with Crippen LogP contribution in [-0.4, -0.2) is 34.9 Å². The number of aryl methyl sites for hydroxylation is 2. The van der Waals surface area contributed by atoms with Crippen molar-refractivity contribution in [1.29, 1.82) is 0 Å². The molecule has 2 aromatic heterocycles. The molecule has 20 heavy (non-hydrogen) atoms. The summed E-state index contributed by atoms with van der Waals surface area (Å²) in [5.41, 5.74) is 6.33. The molecule has 2 aromatic rings. The second kappa shape index (κ2) is 6.16. The number of H-pyrrole nitrogens is 1. The maximum atomic E-state index is 12.2. The number of rotatable bonds is 7. The number of sulfonamides is 1. The SMILES string of the molecule is Cc1[nH]nc(CN)c1S(=O)(=O)NCCCn1cccn1. The van der Waals surface area contributed by atoms with Gasteiger partial charge in [-0.1, -0.05) is 0 Å². The molecule has 0 amide bonds. The fourth-order valence-electron chi connectivity index (χ4n) is 1.92. The van der Waals surface area contributed by atoms with Crippen LogP contribution in [0, 0.1) is 6.92 Å². The highest BCUT2D eigenvalue weighted by Gasteiger charge is 2.22. The minimum atomic E-state index is -3.58. The summed E-state index contributed by atoms with van der Waals surface area (Å²) in [6, 6.07) is 1.83. The van der Waals surface area contributed by atoms with Gasteiger partial charge in [0.15, 0.2) is 0 Å². The fourth-order valence-corrected chi connectivity index (χ4v) is 3.36. The summed E-state index contributed by atoms with van der Waals surface area (Å²) in [5, 5.41) is 10.6. The van der Waals surface area contributed by atoms with Crippen molar-refractivity contribution in [1.82, 2.24) is 24.7 Å². The number of nitrogens with zero attached hydrogens (tertiary/aromatic N) is 3. The van der Waals surface area contributed by atoms with Gasteiger partial charge in [0, 0.05) is 32.0 Å². The van der Waals surface area contributed by atoms with Gasteiger partial charge in [-0.05, 0) is 19.4 Å². The monoisotopic (exact) mass is 298 g/mol. The Kier molecular flexibility index (Phi) is 4.53. The van der Waals surface area contributed by atoms with Gasteiger partial charge in [-0.2, -0.15) is 10.2 Å². The molecule has 0 unspecified atom stereocenters. The van der Waals surface area contributed by atoms with E-state index in [0.29, 0.717) is 30.9 Å². The third-order valence-electron chi connectivity index (χ3n) is 2.84. The summed E-state index contributed by atoms with van der Waals surface area (Å²) in [5.74, 6) is 0. The first-order valence-electron chi connectivity index (χ1n) is 6.25. The number of nitrogens with two attached hydrogens (primary N) is 1. The quantitative estimate of drug-likeness (QED) is 0.609. The Morgan fingerprint density at radius 1 is 1.50 bits per heavy atom. The predicted octanol–water partition coefficient (Wildman–Crippen LogP) is -0.258. The van der Waals surface area contributed by atoms with Gasteiger partial charge < -0.3 is 5.73 Å². The third-order valence-corrected chi connectivity index (χ3v) is 4.50. The molecule has 0 bridgehead atoms. The zero-order chi connectivity index (χ0) is 14.6. The Morgan fingerprint density at radius 2 is 2.30 bits per heavy atom. The lowest BCUT2D eigenvalue weighted by Crippen LogP contribution is -2.27. The number of hydrogen-bond acceptors (Lipinski definition) is 5. The number of aromatic amines is 1. The standard InChI is InChI=1S/C11H18N6O2S/c1-9-11(10(8-12)16-15-9)20(18,19)14-5-3-7-17-6-2-4-13-17/h2,4,6,14H,3,5,7-8,12H2,1H3,(H,15,16). The van der Waals surface area contributed by atoms with E-state index in [-0.39, 0.29) is 11.4 Å². The summed E-state index contributed by atoms with van der Waals surface area (Å²) in [6.45, 7) is 2.72. The van der Waals surface area contributed by atoms with Gasteiger partial charge in [-0.25, -0.2) is 13.1 Å². The largest absolute Gasteiger partial charge is 0.325 e. The summed E-state index contributed by atoms with van der Waals surface area (Å²) >= 11 is 0. The van der Waals surface area contributed by atoms with Crippen molar-refractivity contribution < 1.29 is 8.42 Å². The highest BCUT2D eigenvalue weighted by molar-refractivity contribution is 7.89. The Hall–Kier alpha value is -1.71. The van der Waals surface area contributed by atoms with Crippen LogP contribution < -0.4 is 10.5 Å². The van der Waals surface area contributed by atoms with Crippen molar-refractivity contribution >= 4 is 10.0 Å². The molecule has 0 radical (unpaired) electrons. The zero-order valence-electron chi connectivity index (χ0n) is 11.2. The lowest BCUT2D eigenvalue weighted by Gasteiger charge is -2.07. The molecule has 0 aliphatic carbocycles. The van der Waals surface area contributed by atoms with Crippen LogP contribution in [0.5, 0.6) is 0 Å². The molecule has 0 saturated carbocycles. The van der Waals surface area contributed by atoms with Crippen molar-refractivity contribution in [3.63, 3.8) is 0 Å². The predicted molar refractivity (Wildman–Crippen MR) is 73.2 cm³/mol. The van der Waals surface area contributed by atoms with E-state index in [4.69, 9.17) is 5.73 Å². The third kappa shape index (κ3) is 3.24. The van der Waals surface area contributed by atoms with Gasteiger partial charge >= 0.3 is 0 Å². The minimum absolute atomic E-state index is 0.0773. The summed E-state index contributed by atoms with van der Waals surface area (Å²) in [6.07, 6.45) is 4.17. The molecule has 4 N–H and O–H groups in total. The van der Waals surface area contributed by atoms with Crippen LogP contribution in [0.2, 0.25) is 0 Å². The smallest absolute Gasteiger partial charge is 0.244 e. The molecule has 2 heterocycles. The van der Waals surface area contributed by atoms with Crippen molar-refractivity contribution in [2.45, 2.75) is 31.3 Å². The van der Waals surface area contributed by atoms with Crippen molar-refractivity contribution in [2.75, 3.05) is 6.54 Å². The van der Waals surface area contributed by atoms with E-state index < -0.39 is 10.0 Å². The van der Waals surface area contributed by atoms with Gasteiger partial charge in [0.2, 0.25) is 10.0 Å². The molecule has 2 rings (SSSR count). The number of hydrogen-bond donors (Lipinski definition) is 3. The topological polar surface area (TPSA) is 119 Å². The van der Waals surface area contributed by atoms with E-state index in [1.807, 2.05) is 12.3 Å². The average Bonchev–Trinajstić information content (AvgIpc) is 3.03. The normalized spacial score (nSPS) is 11.9. The lowest BCUT2D eigenvalue weighted by atomic mass is 10.4. The van der Waals surface area contributed by atoms with Crippen LogP contribution in [0.4, 0.5) is 0 Å². The highest BCUT2D eigenvalue weighted by Crippen LogP contribution is 2.16. The molecule has 0 aromatic carbocycles. The molecule has 0 aliphatic heterocycles. The molecule has 0 aliphatic rings. The van der Waals surface area contributed by atoms with Crippen LogP contribution in [0.25, 0.3) is 0 Å². The minimum Gasteiger partial charge on any atom is -0.325 e. The fraction of sp³-hybridized carbons (Fsp3) is 0.455. The molecular formula is C11H18N6O2S. The number of nitrogens with one attached hydrogen (secondary N) is 2. The lowest BCUT2D eigenvalue weighted by molar-refractivity contribution is 0.552. The zero-order valence-corrected chi connectivity index (χ0v) is 12.0. The van der Waals surface area contributed by atoms with E-state index in [2.05, 4.69) is 20.0 Å². The van der Waals surface area contributed by atoms with Crippen LogP contribution in [0.3, 0.4) is 0 Å². The molecule has 9 heteroatoms. The van der Waals surface area contributed by atoms with Crippen LogP contribution >= 0.6 is 0 Å². The molecule has 0 fully saturated rings. The van der Waals surface area contributed by atoms with E-state index >= 15 is 0 Å². The van der Waals surface area contributed by atoms with Gasteiger partial charge in [0.1, 0.15) is 4.90 Å². The first kappa shape index (κ1) is 14.7. The second-order valence-electron chi connectivity index (χ2n) is 4.35. The van der Waals surface area contributed by atoms with E-state index in [0.717, 1.165) is 0 Å². The summed E-state index contributed by atoms with van der Waals surface area (Å²) in [7, 11) is -3.58. The summed E-state index contributed by atoms with van der Waals surface area (Å²) < 4.78 is 28.7. The van der Waals surface area contributed by atoms with Gasteiger partial charge in [-0.3, -0.25) is 9.78 Å². The number of aromatic nitrogens is 4. The van der Waals surface area contributed by atoms with Crippen molar-refractivity contribution in [2.24, 2.45) is 5.73 Å². The van der Waals surface area contributed by atoms with Crippen LogP contribution in [0.1, 0.15) is 17.8 Å². The van der Waals surface area contributed by atoms with Crippen LogP contribution in [0.15, 0.2) is 23.4 Å². The van der Waals surface area contributed by atoms with E-state index in [1.165, 1.54) is 0 Å². The Bertz CT molecular complexity index is 647. The Morgan fingerprint density at radius 3 is 2.95 bits per heavy atom. The van der Waals surface area contributed by atoms with Crippen molar-refractivity contribution in [3.05, 3.63) is 29.8 Å². The van der Waals surface area contributed by atoms with E-state index in [9.17, 15) is 8.42 Å². The molecular weight excluding hydrogens is 280 g/mol. The molecule has 0 saturated heterocycles. The van der Waals surface area contributed by atoms with E-state index in [1.54, 1.807) is 17.8 Å². The van der Waals surface area contributed by atoms with Crippen molar-refractivity contribution in [3.8, 4) is 0 Å². The average molecular weight is 298 g/mol. The first-order chi connectivity index (χ1) is 9.54. The van der Waals surface area contributed by atoms with Gasteiger partial charge in [0.05, 0.1) is 11.4 Å². The first-order valence-corrected chi connectivity index (χ1v) is 7.74. The second-order valence-corrected chi connectivity index (χ2v) is 6.05. The maximum absolute atomic E-state index is 12.2. The Balaban J connectivity index is 1.95. The Labute approximate surface area is 117 Å². The summed E-state index contributed by atoms with van der Waals surface area (Å²) in [4.78, 5) is 0.152. The molecule has 0 atom stereocenters. The molecule has 0 spiro atoms. The molecule has 110 valence electrons. The molecule has 8 nitrogen and oxygen atoms in total.